The Labute approximate surface area is 107 Å². The van der Waals surface area contributed by atoms with E-state index in [1.165, 1.54) is 0 Å². The van der Waals surface area contributed by atoms with Crippen LogP contribution in [0.2, 0.25) is 0 Å². The third-order valence-electron chi connectivity index (χ3n) is 3.44. The van der Waals surface area contributed by atoms with E-state index in [-0.39, 0.29) is 11.8 Å². The van der Waals surface area contributed by atoms with Crippen molar-refractivity contribution in [1.82, 2.24) is 25.2 Å². The Kier molecular flexibility index (Phi) is 4.69. The number of amides is 1. The molecule has 0 radical (unpaired) electrons. The summed E-state index contributed by atoms with van der Waals surface area (Å²) < 4.78 is 1.72. The van der Waals surface area contributed by atoms with E-state index in [1.54, 1.807) is 17.1 Å². The lowest BCUT2D eigenvalue weighted by Crippen LogP contribution is -2.43. The first-order valence-corrected chi connectivity index (χ1v) is 6.63. The first-order chi connectivity index (χ1) is 8.79. The largest absolute Gasteiger partial charge is 0.354 e. The molecule has 0 saturated carbocycles. The molecule has 1 atom stereocenters. The molecule has 0 aliphatic carbocycles. The van der Waals surface area contributed by atoms with Gasteiger partial charge in [0, 0.05) is 19.3 Å². The lowest BCUT2D eigenvalue weighted by Gasteiger charge is -2.30. The number of likely N-dealkylation sites (tertiary alicyclic amines) is 1. The fourth-order valence-electron chi connectivity index (χ4n) is 2.35. The smallest absolute Gasteiger partial charge is 0.224 e. The Morgan fingerprint density at radius 1 is 1.56 bits per heavy atom. The SMILES string of the molecule is CCN1CCC[C@@H](C(=O)NCCn2ccnn2)C1. The number of rotatable bonds is 5. The minimum Gasteiger partial charge on any atom is -0.354 e. The average Bonchev–Trinajstić information content (AvgIpc) is 2.92. The van der Waals surface area contributed by atoms with Crippen molar-refractivity contribution in [2.75, 3.05) is 26.2 Å². The summed E-state index contributed by atoms with van der Waals surface area (Å²) >= 11 is 0. The van der Waals surface area contributed by atoms with E-state index in [0.717, 1.165) is 32.5 Å². The zero-order valence-electron chi connectivity index (χ0n) is 10.9. The second-order valence-electron chi connectivity index (χ2n) is 4.69. The number of hydrogen-bond acceptors (Lipinski definition) is 4. The van der Waals surface area contributed by atoms with Crippen LogP contribution in [0.4, 0.5) is 0 Å². The number of piperidine rings is 1. The molecule has 0 spiro atoms. The van der Waals surface area contributed by atoms with E-state index in [0.29, 0.717) is 13.1 Å². The lowest BCUT2D eigenvalue weighted by molar-refractivity contribution is -0.126. The summed E-state index contributed by atoms with van der Waals surface area (Å²) in [5.74, 6) is 0.322. The van der Waals surface area contributed by atoms with Gasteiger partial charge in [-0.3, -0.25) is 9.48 Å². The van der Waals surface area contributed by atoms with Crippen molar-refractivity contribution < 1.29 is 4.79 Å². The van der Waals surface area contributed by atoms with Crippen LogP contribution in [-0.2, 0) is 11.3 Å². The highest BCUT2D eigenvalue weighted by Crippen LogP contribution is 2.15. The fourth-order valence-corrected chi connectivity index (χ4v) is 2.35. The predicted molar refractivity (Wildman–Crippen MR) is 67.9 cm³/mol. The topological polar surface area (TPSA) is 63.1 Å². The molecule has 1 fully saturated rings. The van der Waals surface area contributed by atoms with Crippen molar-refractivity contribution in [2.24, 2.45) is 5.92 Å². The summed E-state index contributed by atoms with van der Waals surface area (Å²) in [6.07, 6.45) is 5.56. The van der Waals surface area contributed by atoms with E-state index in [1.807, 2.05) is 0 Å². The molecule has 1 aliphatic heterocycles. The maximum atomic E-state index is 12.0. The van der Waals surface area contributed by atoms with Crippen LogP contribution in [0.5, 0.6) is 0 Å². The quantitative estimate of drug-likeness (QED) is 0.808. The molecular weight excluding hydrogens is 230 g/mol. The minimum atomic E-state index is 0.148. The molecular formula is C12H21N5O. The third-order valence-corrected chi connectivity index (χ3v) is 3.44. The fraction of sp³-hybridized carbons (Fsp3) is 0.750. The van der Waals surface area contributed by atoms with Gasteiger partial charge in [-0.1, -0.05) is 12.1 Å². The lowest BCUT2D eigenvalue weighted by atomic mass is 9.97. The van der Waals surface area contributed by atoms with Crippen LogP contribution in [0.15, 0.2) is 12.4 Å². The molecule has 0 bridgehead atoms. The van der Waals surface area contributed by atoms with Crippen LogP contribution in [-0.4, -0.2) is 52.0 Å². The number of hydrogen-bond donors (Lipinski definition) is 1. The second-order valence-corrected chi connectivity index (χ2v) is 4.69. The number of nitrogens with zero attached hydrogens (tertiary/aromatic N) is 4. The highest BCUT2D eigenvalue weighted by molar-refractivity contribution is 5.78. The van der Waals surface area contributed by atoms with Crippen molar-refractivity contribution in [3.63, 3.8) is 0 Å². The van der Waals surface area contributed by atoms with Gasteiger partial charge in [-0.25, -0.2) is 0 Å². The van der Waals surface area contributed by atoms with Gasteiger partial charge in [-0.15, -0.1) is 5.10 Å². The molecule has 1 saturated heterocycles. The van der Waals surface area contributed by atoms with Gasteiger partial charge in [0.25, 0.3) is 0 Å². The second kappa shape index (κ2) is 6.49. The van der Waals surface area contributed by atoms with Gasteiger partial charge in [0.2, 0.25) is 5.91 Å². The molecule has 100 valence electrons. The van der Waals surface area contributed by atoms with Gasteiger partial charge in [0.05, 0.1) is 18.7 Å². The molecule has 2 rings (SSSR count). The van der Waals surface area contributed by atoms with Gasteiger partial charge < -0.3 is 10.2 Å². The maximum absolute atomic E-state index is 12.0. The van der Waals surface area contributed by atoms with Crippen LogP contribution < -0.4 is 5.32 Å². The first-order valence-electron chi connectivity index (χ1n) is 6.63. The molecule has 6 nitrogen and oxygen atoms in total. The Morgan fingerprint density at radius 3 is 3.17 bits per heavy atom. The monoisotopic (exact) mass is 251 g/mol. The summed E-state index contributed by atoms with van der Waals surface area (Å²) in [6.45, 7) is 6.49. The molecule has 6 heteroatoms. The Bertz CT molecular complexity index is 365. The standard InChI is InChI=1S/C12H21N5O/c1-2-16-7-3-4-11(10-16)12(18)13-5-8-17-9-6-14-15-17/h6,9,11H,2-5,7-8,10H2,1H3,(H,13,18)/t11-/m1/s1. The molecule has 2 heterocycles. The van der Waals surface area contributed by atoms with Gasteiger partial charge >= 0.3 is 0 Å². The molecule has 0 aromatic carbocycles. The van der Waals surface area contributed by atoms with Crippen LogP contribution in [0.25, 0.3) is 0 Å². The summed E-state index contributed by atoms with van der Waals surface area (Å²) in [5, 5.41) is 10.6. The molecule has 1 N–H and O–H groups in total. The Balaban J connectivity index is 1.70. The van der Waals surface area contributed by atoms with Crippen molar-refractivity contribution in [2.45, 2.75) is 26.3 Å². The maximum Gasteiger partial charge on any atom is 0.224 e. The summed E-state index contributed by atoms with van der Waals surface area (Å²) in [4.78, 5) is 14.3. The zero-order valence-corrected chi connectivity index (χ0v) is 10.9. The number of nitrogens with one attached hydrogen (secondary N) is 1. The molecule has 1 aromatic heterocycles. The summed E-state index contributed by atoms with van der Waals surface area (Å²) in [7, 11) is 0. The predicted octanol–water partition coefficient (Wildman–Crippen LogP) is 0.126. The summed E-state index contributed by atoms with van der Waals surface area (Å²) in [5.41, 5.74) is 0. The molecule has 1 aliphatic rings. The normalized spacial score (nSPS) is 20.8. The van der Waals surface area contributed by atoms with Crippen LogP contribution >= 0.6 is 0 Å². The third kappa shape index (κ3) is 3.53. The van der Waals surface area contributed by atoms with Crippen molar-refractivity contribution >= 4 is 5.91 Å². The minimum absolute atomic E-state index is 0.148. The number of carbonyl (C=O) groups is 1. The number of aromatic nitrogens is 3. The van der Waals surface area contributed by atoms with Crippen LogP contribution in [0.3, 0.4) is 0 Å². The molecule has 18 heavy (non-hydrogen) atoms. The molecule has 1 aromatic rings. The highest BCUT2D eigenvalue weighted by atomic mass is 16.1. The van der Waals surface area contributed by atoms with Crippen molar-refractivity contribution in [1.29, 1.82) is 0 Å². The van der Waals surface area contributed by atoms with E-state index in [4.69, 9.17) is 0 Å². The molecule has 0 unspecified atom stereocenters. The van der Waals surface area contributed by atoms with Gasteiger partial charge in [0.15, 0.2) is 0 Å². The molecule has 1 amide bonds. The van der Waals surface area contributed by atoms with E-state index in [9.17, 15) is 4.79 Å². The average molecular weight is 251 g/mol. The van der Waals surface area contributed by atoms with Gasteiger partial charge in [-0.2, -0.15) is 0 Å². The highest BCUT2D eigenvalue weighted by Gasteiger charge is 2.24. The van der Waals surface area contributed by atoms with Gasteiger partial charge in [-0.05, 0) is 25.9 Å². The van der Waals surface area contributed by atoms with Crippen molar-refractivity contribution in [3.05, 3.63) is 12.4 Å². The zero-order chi connectivity index (χ0) is 12.8. The van der Waals surface area contributed by atoms with Crippen LogP contribution in [0, 0.1) is 5.92 Å². The van der Waals surface area contributed by atoms with E-state index >= 15 is 0 Å². The first kappa shape index (κ1) is 13.0. The van der Waals surface area contributed by atoms with E-state index < -0.39 is 0 Å². The number of carbonyl (C=O) groups excluding carboxylic acids is 1. The van der Waals surface area contributed by atoms with Crippen molar-refractivity contribution in [3.8, 4) is 0 Å². The Hall–Kier alpha value is -1.43. The van der Waals surface area contributed by atoms with Crippen LogP contribution in [0.1, 0.15) is 19.8 Å². The Morgan fingerprint density at radius 2 is 2.44 bits per heavy atom. The summed E-state index contributed by atoms with van der Waals surface area (Å²) in [6, 6.07) is 0. The van der Waals surface area contributed by atoms with E-state index in [2.05, 4.69) is 27.5 Å². The van der Waals surface area contributed by atoms with Gasteiger partial charge in [0.1, 0.15) is 0 Å².